The van der Waals surface area contributed by atoms with Crippen molar-refractivity contribution in [1.29, 1.82) is 0 Å². The van der Waals surface area contributed by atoms with E-state index < -0.39 is 0 Å². The molecule has 8 heteroatoms. The maximum Gasteiger partial charge on any atom is 0.277 e. The molecule has 142 valence electrons. The number of nitrogens with one attached hydrogen (secondary N) is 1. The number of hydrogen-bond donors (Lipinski definition) is 1. The lowest BCUT2D eigenvalue weighted by atomic mass is 9.97. The number of thioether (sulfide) groups is 1. The molecule has 0 spiro atoms. The van der Waals surface area contributed by atoms with Crippen LogP contribution in [0.1, 0.15) is 57.8 Å². The number of aromatic nitrogens is 2. The molecule has 2 heterocycles. The van der Waals surface area contributed by atoms with Crippen molar-refractivity contribution in [3.63, 3.8) is 0 Å². The van der Waals surface area contributed by atoms with E-state index in [0.29, 0.717) is 30.6 Å². The molecule has 1 fully saturated rings. The molecule has 0 saturated carbocycles. The Morgan fingerprint density at radius 3 is 2.96 bits per heavy atom. The first-order chi connectivity index (χ1) is 12.6. The topological polar surface area (TPSA) is 88.3 Å². The molecule has 0 radical (unpaired) electrons. The van der Waals surface area contributed by atoms with Gasteiger partial charge in [-0.25, -0.2) is 0 Å². The van der Waals surface area contributed by atoms with Crippen LogP contribution in [0.5, 0.6) is 0 Å². The molecular formula is C18H26N4O3S. The quantitative estimate of drug-likeness (QED) is 0.553. The Bertz CT molecular complexity index is 673. The Hall–Kier alpha value is -1.83. The lowest BCUT2D eigenvalue weighted by molar-refractivity contribution is -0.128. The highest BCUT2D eigenvalue weighted by Gasteiger charge is 2.23. The second kappa shape index (κ2) is 9.21. The zero-order chi connectivity index (χ0) is 18.4. The van der Waals surface area contributed by atoms with Gasteiger partial charge in [0.2, 0.25) is 17.7 Å². The molecule has 1 unspecified atom stereocenters. The third-order valence-corrected chi connectivity index (χ3v) is 5.66. The van der Waals surface area contributed by atoms with Crippen LogP contribution in [0.2, 0.25) is 0 Å². The van der Waals surface area contributed by atoms with Crippen molar-refractivity contribution >= 4 is 23.6 Å². The molecule has 1 aliphatic heterocycles. The lowest BCUT2D eigenvalue weighted by Gasteiger charge is -2.14. The first-order valence-corrected chi connectivity index (χ1v) is 10.2. The van der Waals surface area contributed by atoms with E-state index >= 15 is 0 Å². The standard InChI is InChI=1S/C18H26N4O3S/c1-13(17(24)19-10-9-14-6-3-2-4-7-14)26-18-21-20-15(25-18)12-22-11-5-8-16(22)23/h6,13H,2-5,7-12H2,1H3,(H,19,24). The predicted octanol–water partition coefficient (Wildman–Crippen LogP) is 2.68. The summed E-state index contributed by atoms with van der Waals surface area (Å²) in [5, 5.41) is 11.0. The van der Waals surface area contributed by atoms with Crippen molar-refractivity contribution in [2.45, 2.75) is 68.9 Å². The first-order valence-electron chi connectivity index (χ1n) is 9.34. The van der Waals surface area contributed by atoms with Crippen molar-refractivity contribution < 1.29 is 14.0 Å². The van der Waals surface area contributed by atoms with Gasteiger partial charge in [-0.2, -0.15) is 0 Å². The summed E-state index contributed by atoms with van der Waals surface area (Å²) >= 11 is 1.25. The van der Waals surface area contributed by atoms with Gasteiger partial charge in [0.05, 0.1) is 11.8 Å². The van der Waals surface area contributed by atoms with Gasteiger partial charge in [-0.1, -0.05) is 23.4 Å². The van der Waals surface area contributed by atoms with Gasteiger partial charge in [-0.3, -0.25) is 9.59 Å². The van der Waals surface area contributed by atoms with E-state index in [2.05, 4.69) is 21.6 Å². The fourth-order valence-corrected chi connectivity index (χ4v) is 3.94. The highest BCUT2D eigenvalue weighted by Crippen LogP contribution is 2.23. The molecule has 26 heavy (non-hydrogen) atoms. The van der Waals surface area contributed by atoms with Gasteiger partial charge in [0.15, 0.2) is 0 Å². The average Bonchev–Trinajstić information content (AvgIpc) is 3.25. The molecule has 1 N–H and O–H groups in total. The monoisotopic (exact) mass is 378 g/mol. The molecule has 7 nitrogen and oxygen atoms in total. The van der Waals surface area contributed by atoms with E-state index in [1.807, 2.05) is 6.92 Å². The molecule has 1 saturated heterocycles. The van der Waals surface area contributed by atoms with Crippen molar-refractivity contribution in [3.05, 3.63) is 17.5 Å². The fraction of sp³-hybridized carbons (Fsp3) is 0.667. The maximum atomic E-state index is 12.2. The number of hydrogen-bond acceptors (Lipinski definition) is 6. The Morgan fingerprint density at radius 1 is 1.35 bits per heavy atom. The molecule has 1 atom stereocenters. The smallest absolute Gasteiger partial charge is 0.277 e. The van der Waals surface area contributed by atoms with Crippen molar-refractivity contribution in [1.82, 2.24) is 20.4 Å². The molecule has 0 bridgehead atoms. The van der Waals surface area contributed by atoms with Crippen LogP contribution >= 0.6 is 11.8 Å². The number of rotatable bonds is 8. The summed E-state index contributed by atoms with van der Waals surface area (Å²) in [6.07, 6.45) is 9.56. The van der Waals surface area contributed by atoms with Gasteiger partial charge >= 0.3 is 0 Å². The molecule has 2 aliphatic rings. The van der Waals surface area contributed by atoms with Gasteiger partial charge in [0.25, 0.3) is 5.22 Å². The van der Waals surface area contributed by atoms with E-state index in [1.54, 1.807) is 4.90 Å². The third kappa shape index (κ3) is 5.33. The van der Waals surface area contributed by atoms with Crippen LogP contribution in [0, 0.1) is 0 Å². The van der Waals surface area contributed by atoms with E-state index in [0.717, 1.165) is 32.2 Å². The van der Waals surface area contributed by atoms with E-state index in [1.165, 1.54) is 30.2 Å². The minimum atomic E-state index is -0.308. The minimum Gasteiger partial charge on any atom is -0.414 e. The number of likely N-dealkylation sites (tertiary alicyclic amines) is 1. The summed E-state index contributed by atoms with van der Waals surface area (Å²) in [7, 11) is 0. The Morgan fingerprint density at radius 2 is 2.23 bits per heavy atom. The van der Waals surface area contributed by atoms with Crippen LogP contribution in [0.4, 0.5) is 0 Å². The number of amides is 2. The van der Waals surface area contributed by atoms with Crippen molar-refractivity contribution in [2.75, 3.05) is 13.1 Å². The molecule has 2 amide bonds. The van der Waals surface area contributed by atoms with Crippen LogP contribution in [-0.2, 0) is 16.1 Å². The largest absolute Gasteiger partial charge is 0.414 e. The highest BCUT2D eigenvalue weighted by molar-refractivity contribution is 8.00. The molecule has 3 rings (SSSR count). The van der Waals surface area contributed by atoms with Gasteiger partial charge in [0.1, 0.15) is 0 Å². The number of nitrogens with zero attached hydrogens (tertiary/aromatic N) is 3. The summed E-state index contributed by atoms with van der Waals surface area (Å²) < 4.78 is 5.57. The molecule has 1 aliphatic carbocycles. The van der Waals surface area contributed by atoms with Crippen molar-refractivity contribution in [2.24, 2.45) is 0 Å². The summed E-state index contributed by atoms with van der Waals surface area (Å²) in [6, 6.07) is 0. The van der Waals surface area contributed by atoms with Crippen LogP contribution in [0.25, 0.3) is 0 Å². The van der Waals surface area contributed by atoms with Crippen LogP contribution < -0.4 is 5.32 Å². The van der Waals surface area contributed by atoms with E-state index in [-0.39, 0.29) is 17.1 Å². The summed E-state index contributed by atoms with van der Waals surface area (Å²) in [6.45, 7) is 3.58. The van der Waals surface area contributed by atoms with E-state index in [9.17, 15) is 9.59 Å². The third-order valence-electron chi connectivity index (χ3n) is 4.72. The Kier molecular flexibility index (Phi) is 6.71. The highest BCUT2D eigenvalue weighted by atomic mass is 32.2. The molecule has 1 aromatic heterocycles. The van der Waals surface area contributed by atoms with Crippen LogP contribution in [-0.4, -0.2) is 45.3 Å². The lowest BCUT2D eigenvalue weighted by Crippen LogP contribution is -2.31. The first kappa shape index (κ1) is 18.9. The van der Waals surface area contributed by atoms with E-state index in [4.69, 9.17) is 4.42 Å². The summed E-state index contributed by atoms with van der Waals surface area (Å²) in [4.78, 5) is 25.6. The zero-order valence-corrected chi connectivity index (χ0v) is 16.0. The second-order valence-electron chi connectivity index (χ2n) is 6.79. The van der Waals surface area contributed by atoms with Crippen LogP contribution in [0.3, 0.4) is 0 Å². The zero-order valence-electron chi connectivity index (χ0n) is 15.2. The average molecular weight is 378 g/mol. The number of carbonyl (C=O) groups is 2. The summed E-state index contributed by atoms with van der Waals surface area (Å²) in [5.41, 5.74) is 1.45. The predicted molar refractivity (Wildman–Crippen MR) is 98.4 cm³/mol. The maximum absolute atomic E-state index is 12.2. The van der Waals surface area contributed by atoms with Gasteiger partial charge in [0, 0.05) is 19.5 Å². The number of carbonyl (C=O) groups excluding carboxylic acids is 2. The molecule has 1 aromatic rings. The summed E-state index contributed by atoms with van der Waals surface area (Å²) in [5.74, 6) is 0.513. The molecule has 0 aromatic carbocycles. The van der Waals surface area contributed by atoms with Gasteiger partial charge in [-0.15, -0.1) is 10.2 Å². The minimum absolute atomic E-state index is 0.0270. The van der Waals surface area contributed by atoms with Gasteiger partial charge in [-0.05, 0) is 45.4 Å². The SMILES string of the molecule is CC(Sc1nnc(CN2CCCC2=O)o1)C(=O)NCCC1=CCCCC1. The Labute approximate surface area is 158 Å². The normalized spacial score (nSPS) is 18.7. The van der Waals surface area contributed by atoms with Crippen LogP contribution in [0.15, 0.2) is 21.3 Å². The van der Waals surface area contributed by atoms with Crippen molar-refractivity contribution in [3.8, 4) is 0 Å². The number of allylic oxidation sites excluding steroid dienone is 1. The fourth-order valence-electron chi connectivity index (χ4n) is 3.21. The second-order valence-corrected chi connectivity index (χ2v) is 8.08. The molecular weight excluding hydrogens is 352 g/mol. The van der Waals surface area contributed by atoms with Gasteiger partial charge < -0.3 is 14.6 Å². The Balaban J connectivity index is 1.40.